The van der Waals surface area contributed by atoms with Crippen molar-refractivity contribution in [1.29, 1.82) is 0 Å². The topological polar surface area (TPSA) is 98.7 Å². The highest BCUT2D eigenvalue weighted by molar-refractivity contribution is 5.77. The Kier molecular flexibility index (Phi) is 5.99. The van der Waals surface area contributed by atoms with E-state index in [1.54, 1.807) is 18.7 Å². The molecule has 120 valence electrons. The smallest absolute Gasteiger partial charge is 0.317 e. The molecule has 3 N–H and O–H groups in total. The van der Waals surface area contributed by atoms with Gasteiger partial charge in [-0.1, -0.05) is 0 Å². The summed E-state index contributed by atoms with van der Waals surface area (Å²) in [5.74, 6) is -0.573. The standard InChI is InChI=1S/C14H25N3O4/c1-10(18)15-8-11-4-6-17(7-5-11)13(21)16-9-14(2,3)12(19)20/h11H,4-9H2,1-3H3,(H,15,18)(H,16,21)(H,19,20). The molecule has 1 aliphatic rings. The zero-order valence-electron chi connectivity index (χ0n) is 12.9. The lowest BCUT2D eigenvalue weighted by Crippen LogP contribution is -2.48. The van der Waals surface area contributed by atoms with E-state index in [2.05, 4.69) is 10.6 Å². The van der Waals surface area contributed by atoms with Crippen LogP contribution in [0.15, 0.2) is 0 Å². The number of carboxylic acid groups (broad SMARTS) is 1. The Morgan fingerprint density at radius 2 is 1.76 bits per heavy atom. The number of likely N-dealkylation sites (tertiary alicyclic amines) is 1. The van der Waals surface area contributed by atoms with Crippen LogP contribution in [0.4, 0.5) is 4.79 Å². The highest BCUT2D eigenvalue weighted by Crippen LogP contribution is 2.17. The molecule has 1 fully saturated rings. The Morgan fingerprint density at radius 3 is 2.24 bits per heavy atom. The van der Waals surface area contributed by atoms with E-state index in [1.165, 1.54) is 6.92 Å². The van der Waals surface area contributed by atoms with Crippen LogP contribution in [-0.2, 0) is 9.59 Å². The third-order valence-corrected chi connectivity index (χ3v) is 3.80. The van der Waals surface area contributed by atoms with Crippen LogP contribution < -0.4 is 10.6 Å². The molecule has 7 nitrogen and oxygen atoms in total. The van der Waals surface area contributed by atoms with Crippen LogP contribution in [0, 0.1) is 11.3 Å². The second-order valence-electron chi connectivity index (χ2n) is 6.22. The maximum absolute atomic E-state index is 12.0. The molecule has 0 aliphatic carbocycles. The van der Waals surface area contributed by atoms with Gasteiger partial charge in [0, 0.05) is 33.1 Å². The molecule has 0 aromatic heterocycles. The first kappa shape index (κ1) is 17.3. The van der Waals surface area contributed by atoms with Gasteiger partial charge in [-0.25, -0.2) is 4.79 Å². The largest absolute Gasteiger partial charge is 0.481 e. The molecule has 0 unspecified atom stereocenters. The fourth-order valence-corrected chi connectivity index (χ4v) is 2.11. The van der Waals surface area contributed by atoms with Crippen molar-refractivity contribution in [2.45, 2.75) is 33.6 Å². The Labute approximate surface area is 125 Å². The molecule has 0 atom stereocenters. The molecule has 3 amide bonds. The maximum atomic E-state index is 12.0. The van der Waals surface area contributed by atoms with E-state index in [0.717, 1.165) is 12.8 Å². The summed E-state index contributed by atoms with van der Waals surface area (Å²) in [4.78, 5) is 35.5. The first-order valence-electron chi connectivity index (χ1n) is 7.23. The van der Waals surface area contributed by atoms with Crippen LogP contribution in [-0.4, -0.2) is 54.1 Å². The van der Waals surface area contributed by atoms with Crippen molar-refractivity contribution in [3.63, 3.8) is 0 Å². The van der Waals surface area contributed by atoms with E-state index < -0.39 is 11.4 Å². The van der Waals surface area contributed by atoms with Gasteiger partial charge in [0.25, 0.3) is 0 Å². The van der Waals surface area contributed by atoms with E-state index in [1.807, 2.05) is 0 Å². The molecule has 1 rings (SSSR count). The van der Waals surface area contributed by atoms with Crippen LogP contribution in [0.2, 0.25) is 0 Å². The number of nitrogens with zero attached hydrogens (tertiary/aromatic N) is 1. The monoisotopic (exact) mass is 299 g/mol. The second kappa shape index (κ2) is 7.28. The fraction of sp³-hybridized carbons (Fsp3) is 0.786. The van der Waals surface area contributed by atoms with Crippen molar-refractivity contribution in [3.05, 3.63) is 0 Å². The van der Waals surface area contributed by atoms with E-state index in [4.69, 9.17) is 5.11 Å². The van der Waals surface area contributed by atoms with Crippen molar-refractivity contribution in [3.8, 4) is 0 Å². The lowest BCUT2D eigenvalue weighted by molar-refractivity contribution is -0.146. The first-order valence-corrected chi connectivity index (χ1v) is 7.23. The quantitative estimate of drug-likeness (QED) is 0.694. The molecule has 0 aromatic rings. The average molecular weight is 299 g/mol. The highest BCUT2D eigenvalue weighted by Gasteiger charge is 2.29. The SMILES string of the molecule is CC(=O)NCC1CCN(C(=O)NCC(C)(C)C(=O)O)CC1. The van der Waals surface area contributed by atoms with Gasteiger partial charge in [-0.2, -0.15) is 0 Å². The summed E-state index contributed by atoms with van der Waals surface area (Å²) in [5.41, 5.74) is -0.973. The van der Waals surface area contributed by atoms with Gasteiger partial charge in [0.15, 0.2) is 0 Å². The summed E-state index contributed by atoms with van der Waals surface area (Å²) in [7, 11) is 0. The number of carboxylic acids is 1. The van der Waals surface area contributed by atoms with Crippen LogP contribution >= 0.6 is 0 Å². The highest BCUT2D eigenvalue weighted by atomic mass is 16.4. The van der Waals surface area contributed by atoms with Crippen LogP contribution in [0.1, 0.15) is 33.6 Å². The third-order valence-electron chi connectivity index (χ3n) is 3.80. The van der Waals surface area contributed by atoms with E-state index >= 15 is 0 Å². The van der Waals surface area contributed by atoms with E-state index in [9.17, 15) is 14.4 Å². The molecule has 0 spiro atoms. The number of amides is 3. The number of nitrogens with one attached hydrogen (secondary N) is 2. The number of hydrogen-bond acceptors (Lipinski definition) is 3. The molecular formula is C14H25N3O4. The number of carbonyl (C=O) groups is 3. The summed E-state index contributed by atoms with van der Waals surface area (Å²) in [6, 6.07) is -0.220. The van der Waals surface area contributed by atoms with Crippen molar-refractivity contribution in [2.24, 2.45) is 11.3 Å². The Balaban J connectivity index is 2.32. The van der Waals surface area contributed by atoms with Gasteiger partial charge >= 0.3 is 12.0 Å². The third kappa shape index (κ3) is 5.61. The second-order valence-corrected chi connectivity index (χ2v) is 6.22. The molecule has 1 saturated heterocycles. The molecule has 0 saturated carbocycles. The predicted molar refractivity (Wildman–Crippen MR) is 77.8 cm³/mol. The van der Waals surface area contributed by atoms with Gasteiger partial charge in [0.05, 0.1) is 5.41 Å². The summed E-state index contributed by atoms with van der Waals surface area (Å²) >= 11 is 0. The number of urea groups is 1. The molecule has 1 heterocycles. The van der Waals surface area contributed by atoms with E-state index in [-0.39, 0.29) is 18.5 Å². The Hall–Kier alpha value is -1.79. The van der Waals surface area contributed by atoms with Gasteiger partial charge in [0.2, 0.25) is 5.91 Å². The predicted octanol–water partition coefficient (Wildman–Crippen LogP) is 0.655. The molecule has 1 aliphatic heterocycles. The van der Waals surface area contributed by atoms with Crippen molar-refractivity contribution >= 4 is 17.9 Å². The van der Waals surface area contributed by atoms with Gasteiger partial charge in [0.1, 0.15) is 0 Å². The zero-order chi connectivity index (χ0) is 16.0. The normalized spacial score (nSPS) is 16.4. The number of rotatable bonds is 5. The fourth-order valence-electron chi connectivity index (χ4n) is 2.11. The summed E-state index contributed by atoms with van der Waals surface area (Å²) in [6.07, 6.45) is 1.69. The molecule has 0 aromatic carbocycles. The van der Waals surface area contributed by atoms with Crippen molar-refractivity contribution in [2.75, 3.05) is 26.2 Å². The summed E-state index contributed by atoms with van der Waals surface area (Å²) in [5, 5.41) is 14.5. The maximum Gasteiger partial charge on any atom is 0.317 e. The summed E-state index contributed by atoms with van der Waals surface area (Å²) < 4.78 is 0. The molecule has 21 heavy (non-hydrogen) atoms. The zero-order valence-corrected chi connectivity index (χ0v) is 12.9. The first-order chi connectivity index (χ1) is 9.72. The van der Waals surface area contributed by atoms with Crippen LogP contribution in [0.3, 0.4) is 0 Å². The molecule has 0 bridgehead atoms. The molecule has 0 radical (unpaired) electrons. The minimum absolute atomic E-state index is 0.0360. The minimum Gasteiger partial charge on any atom is -0.481 e. The molecular weight excluding hydrogens is 274 g/mol. The number of piperidine rings is 1. The van der Waals surface area contributed by atoms with Gasteiger partial charge < -0.3 is 20.6 Å². The lowest BCUT2D eigenvalue weighted by Gasteiger charge is -2.32. The Morgan fingerprint density at radius 1 is 1.19 bits per heavy atom. The number of hydrogen-bond donors (Lipinski definition) is 3. The number of aliphatic carboxylic acids is 1. The number of carbonyl (C=O) groups excluding carboxylic acids is 2. The van der Waals surface area contributed by atoms with Gasteiger partial charge in [-0.15, -0.1) is 0 Å². The summed E-state index contributed by atoms with van der Waals surface area (Å²) in [6.45, 7) is 6.66. The van der Waals surface area contributed by atoms with Gasteiger partial charge in [-0.05, 0) is 32.6 Å². The van der Waals surface area contributed by atoms with Crippen LogP contribution in [0.5, 0.6) is 0 Å². The lowest BCUT2D eigenvalue weighted by atomic mass is 9.94. The average Bonchev–Trinajstić information content (AvgIpc) is 2.43. The van der Waals surface area contributed by atoms with Crippen LogP contribution in [0.25, 0.3) is 0 Å². The van der Waals surface area contributed by atoms with Crippen molar-refractivity contribution < 1.29 is 19.5 Å². The molecule has 7 heteroatoms. The Bertz CT molecular complexity index is 401. The van der Waals surface area contributed by atoms with Gasteiger partial charge in [-0.3, -0.25) is 9.59 Å². The minimum atomic E-state index is -0.973. The van der Waals surface area contributed by atoms with E-state index in [0.29, 0.717) is 25.6 Å². The van der Waals surface area contributed by atoms with Crippen molar-refractivity contribution in [1.82, 2.24) is 15.5 Å².